The Balaban J connectivity index is 1.42. The summed E-state index contributed by atoms with van der Waals surface area (Å²) in [7, 11) is 0. The summed E-state index contributed by atoms with van der Waals surface area (Å²) in [5.41, 5.74) is 1.57. The van der Waals surface area contributed by atoms with Crippen LogP contribution in [0, 0.1) is 0 Å². The lowest BCUT2D eigenvalue weighted by atomic mass is 10.0. The van der Waals surface area contributed by atoms with E-state index >= 15 is 0 Å². The van der Waals surface area contributed by atoms with Crippen LogP contribution in [-0.2, 0) is 11.3 Å². The number of rotatable bonds is 3. The van der Waals surface area contributed by atoms with Crippen LogP contribution in [-0.4, -0.2) is 36.7 Å². The molecule has 0 spiro atoms. The molecule has 1 saturated heterocycles. The van der Waals surface area contributed by atoms with E-state index < -0.39 is 0 Å². The zero-order valence-electron chi connectivity index (χ0n) is 14.3. The average Bonchev–Trinajstić information content (AvgIpc) is 3.39. The first-order valence-corrected chi connectivity index (χ1v) is 9.76. The molecule has 0 unspecified atom stereocenters. The number of nitrogens with zero attached hydrogens (tertiary/aromatic N) is 1. The van der Waals surface area contributed by atoms with Gasteiger partial charge in [0.05, 0.1) is 17.2 Å². The molecule has 134 valence electrons. The minimum absolute atomic E-state index is 0.0625. The molecular formula is C20H19NO4S. The van der Waals surface area contributed by atoms with E-state index in [-0.39, 0.29) is 11.9 Å². The van der Waals surface area contributed by atoms with Gasteiger partial charge in [0.1, 0.15) is 18.2 Å². The molecule has 1 aromatic carbocycles. The number of ketones is 1. The van der Waals surface area contributed by atoms with Gasteiger partial charge >= 0.3 is 0 Å². The van der Waals surface area contributed by atoms with Crippen LogP contribution in [0.2, 0.25) is 0 Å². The van der Waals surface area contributed by atoms with E-state index in [4.69, 9.17) is 14.2 Å². The maximum absolute atomic E-state index is 12.7. The summed E-state index contributed by atoms with van der Waals surface area (Å²) in [6, 6.07) is 7.62. The van der Waals surface area contributed by atoms with Gasteiger partial charge in [-0.3, -0.25) is 9.69 Å². The molecule has 0 bridgehead atoms. The van der Waals surface area contributed by atoms with Crippen LogP contribution < -0.4 is 9.47 Å². The quantitative estimate of drug-likeness (QED) is 0.772. The Morgan fingerprint density at radius 3 is 3.08 bits per heavy atom. The van der Waals surface area contributed by atoms with Crippen molar-refractivity contribution >= 4 is 23.2 Å². The number of ether oxygens (including phenoxy) is 3. The van der Waals surface area contributed by atoms with Crippen molar-refractivity contribution in [2.45, 2.75) is 25.5 Å². The van der Waals surface area contributed by atoms with Crippen molar-refractivity contribution in [1.82, 2.24) is 4.90 Å². The van der Waals surface area contributed by atoms with E-state index in [2.05, 4.69) is 4.90 Å². The van der Waals surface area contributed by atoms with Gasteiger partial charge in [0.25, 0.3) is 0 Å². The lowest BCUT2D eigenvalue weighted by Crippen LogP contribution is -2.37. The molecule has 3 aliphatic heterocycles. The normalized spacial score (nSPS) is 23.6. The highest BCUT2D eigenvalue weighted by atomic mass is 32.1. The van der Waals surface area contributed by atoms with E-state index in [9.17, 15) is 4.79 Å². The van der Waals surface area contributed by atoms with Crippen LogP contribution in [0.4, 0.5) is 0 Å². The van der Waals surface area contributed by atoms with Crippen molar-refractivity contribution in [2.24, 2.45) is 0 Å². The summed E-state index contributed by atoms with van der Waals surface area (Å²) in [6.45, 7) is 2.93. The minimum Gasteiger partial charge on any atom is -0.478 e. The second-order valence-electron chi connectivity index (χ2n) is 6.79. The highest BCUT2D eigenvalue weighted by Gasteiger charge is 2.34. The highest BCUT2D eigenvalue weighted by molar-refractivity contribution is 7.10. The maximum Gasteiger partial charge on any atom is 0.232 e. The van der Waals surface area contributed by atoms with E-state index in [1.54, 1.807) is 11.3 Å². The van der Waals surface area contributed by atoms with Gasteiger partial charge in [0, 0.05) is 30.6 Å². The lowest BCUT2D eigenvalue weighted by Gasteiger charge is -2.31. The third-order valence-corrected chi connectivity index (χ3v) is 5.80. The molecule has 6 heteroatoms. The summed E-state index contributed by atoms with van der Waals surface area (Å²) >= 11 is 1.58. The molecule has 3 aliphatic rings. The third kappa shape index (κ3) is 2.84. The van der Waals surface area contributed by atoms with E-state index in [1.165, 1.54) is 0 Å². The molecule has 1 aromatic heterocycles. The van der Waals surface area contributed by atoms with Gasteiger partial charge in [0.15, 0.2) is 5.76 Å². The van der Waals surface area contributed by atoms with E-state index in [0.717, 1.165) is 42.2 Å². The molecule has 2 aromatic rings. The zero-order chi connectivity index (χ0) is 17.5. The number of hydrogen-bond donors (Lipinski definition) is 0. The number of carbonyl (C=O) groups excluding carboxylic acids is 1. The van der Waals surface area contributed by atoms with Crippen LogP contribution in [0.25, 0.3) is 6.08 Å². The fraction of sp³-hybridized carbons (Fsp3) is 0.350. The molecule has 0 radical (unpaired) electrons. The van der Waals surface area contributed by atoms with Crippen molar-refractivity contribution in [3.05, 3.63) is 51.4 Å². The van der Waals surface area contributed by atoms with Gasteiger partial charge in [0.2, 0.25) is 5.78 Å². The number of fused-ring (bicyclic) bond motifs is 3. The number of Topliss-reactive ketones (excluding diaryl/α,β-unsaturated/α-hetero) is 1. The van der Waals surface area contributed by atoms with Gasteiger partial charge in [-0.25, -0.2) is 0 Å². The van der Waals surface area contributed by atoms with Crippen molar-refractivity contribution in [1.29, 1.82) is 0 Å². The second-order valence-corrected chi connectivity index (χ2v) is 7.77. The molecule has 1 fully saturated rings. The van der Waals surface area contributed by atoms with Crippen molar-refractivity contribution < 1.29 is 19.0 Å². The Labute approximate surface area is 155 Å². The summed E-state index contributed by atoms with van der Waals surface area (Å²) in [5.74, 6) is 1.77. The van der Waals surface area contributed by atoms with Crippen LogP contribution in [0.5, 0.6) is 11.5 Å². The Morgan fingerprint density at radius 1 is 1.31 bits per heavy atom. The third-order valence-electron chi connectivity index (χ3n) is 4.98. The molecule has 1 atom stereocenters. The monoisotopic (exact) mass is 369 g/mol. The molecule has 5 rings (SSSR count). The Morgan fingerprint density at radius 2 is 2.27 bits per heavy atom. The summed E-state index contributed by atoms with van der Waals surface area (Å²) in [5, 5.41) is 1.98. The number of allylic oxidation sites excluding steroid dienone is 1. The predicted octanol–water partition coefficient (Wildman–Crippen LogP) is 3.70. The fourth-order valence-corrected chi connectivity index (χ4v) is 4.35. The maximum atomic E-state index is 12.7. The fourth-order valence-electron chi connectivity index (χ4n) is 3.70. The number of hydrogen-bond acceptors (Lipinski definition) is 6. The molecule has 5 nitrogen and oxygen atoms in total. The molecule has 26 heavy (non-hydrogen) atoms. The van der Waals surface area contributed by atoms with Crippen LogP contribution in [0.1, 0.15) is 33.6 Å². The second kappa shape index (κ2) is 6.54. The number of thiophene rings is 1. The number of benzene rings is 1. The molecule has 0 aliphatic carbocycles. The Kier molecular flexibility index (Phi) is 4.04. The van der Waals surface area contributed by atoms with Crippen molar-refractivity contribution in [3.8, 4) is 11.5 Å². The first kappa shape index (κ1) is 16.1. The number of carbonyl (C=O) groups is 1. The van der Waals surface area contributed by atoms with Crippen LogP contribution in [0.15, 0.2) is 35.4 Å². The van der Waals surface area contributed by atoms with E-state index in [0.29, 0.717) is 30.3 Å². The first-order valence-electron chi connectivity index (χ1n) is 8.88. The SMILES string of the molecule is O=C1/C(=C/c2cccs2)Oc2c1ccc1c2CN(C[C@@H]2CCCO2)CO1. The average molecular weight is 369 g/mol. The standard InChI is InChI=1S/C20H19NO4S/c22-19-15-5-6-17-16(11-21(12-24-17)10-13-3-1-7-23-13)20(15)25-18(19)9-14-4-2-8-26-14/h2,4-6,8-9,13H,1,3,7,10-12H2/b18-9-/t13-/m0/s1. The molecular weight excluding hydrogens is 350 g/mol. The molecule has 4 heterocycles. The summed E-state index contributed by atoms with van der Waals surface area (Å²) in [4.78, 5) is 15.9. The molecule has 0 amide bonds. The van der Waals surface area contributed by atoms with Crippen LogP contribution >= 0.6 is 11.3 Å². The highest BCUT2D eigenvalue weighted by Crippen LogP contribution is 2.42. The summed E-state index contributed by atoms with van der Waals surface area (Å²) in [6.07, 6.45) is 4.31. The van der Waals surface area contributed by atoms with Crippen LogP contribution in [0.3, 0.4) is 0 Å². The largest absolute Gasteiger partial charge is 0.478 e. The zero-order valence-corrected chi connectivity index (χ0v) is 15.1. The van der Waals surface area contributed by atoms with Gasteiger partial charge in [-0.15, -0.1) is 11.3 Å². The minimum atomic E-state index is -0.0625. The lowest BCUT2D eigenvalue weighted by molar-refractivity contribution is 0.0274. The van der Waals surface area contributed by atoms with Crippen molar-refractivity contribution in [2.75, 3.05) is 19.9 Å². The van der Waals surface area contributed by atoms with Gasteiger partial charge in [-0.1, -0.05) is 6.07 Å². The van der Waals surface area contributed by atoms with Gasteiger partial charge in [-0.2, -0.15) is 0 Å². The topological polar surface area (TPSA) is 48.0 Å². The Bertz CT molecular complexity index is 868. The molecule has 0 N–H and O–H groups in total. The van der Waals surface area contributed by atoms with Gasteiger partial charge in [-0.05, 0) is 36.4 Å². The molecule has 0 saturated carbocycles. The first-order chi connectivity index (χ1) is 12.8. The van der Waals surface area contributed by atoms with E-state index in [1.807, 2.05) is 35.7 Å². The van der Waals surface area contributed by atoms with Crippen molar-refractivity contribution in [3.63, 3.8) is 0 Å². The predicted molar refractivity (Wildman–Crippen MR) is 98.6 cm³/mol. The summed E-state index contributed by atoms with van der Waals surface area (Å²) < 4.78 is 17.6. The Hall–Kier alpha value is -2.15. The van der Waals surface area contributed by atoms with Gasteiger partial charge < -0.3 is 14.2 Å². The smallest absolute Gasteiger partial charge is 0.232 e.